The van der Waals surface area contributed by atoms with E-state index in [1.54, 1.807) is 12.1 Å². The lowest BCUT2D eigenvalue weighted by atomic mass is 10.2. The van der Waals surface area contributed by atoms with Gasteiger partial charge in [0, 0.05) is 20.1 Å². The second-order valence-electron chi connectivity index (χ2n) is 4.83. The molecule has 1 aromatic carbocycles. The molecule has 0 radical (unpaired) electrons. The first-order chi connectivity index (χ1) is 9.99. The van der Waals surface area contributed by atoms with Gasteiger partial charge in [-0.05, 0) is 12.1 Å². The van der Waals surface area contributed by atoms with Crippen molar-refractivity contribution in [2.24, 2.45) is 0 Å². The second kappa shape index (κ2) is 6.53. The molecule has 1 aliphatic heterocycles. The Morgan fingerprint density at radius 1 is 1.48 bits per heavy atom. The summed E-state index contributed by atoms with van der Waals surface area (Å²) in [7, 11) is 1.49. The van der Waals surface area contributed by atoms with Gasteiger partial charge in [-0.2, -0.15) is 0 Å². The highest BCUT2D eigenvalue weighted by Gasteiger charge is 2.28. The Labute approximate surface area is 121 Å². The van der Waals surface area contributed by atoms with Crippen molar-refractivity contribution in [3.05, 3.63) is 30.1 Å². The van der Waals surface area contributed by atoms with E-state index in [4.69, 9.17) is 9.84 Å². The smallest absolute Gasteiger partial charge is 0.324 e. The molecule has 7 heteroatoms. The molecule has 1 aliphatic rings. The van der Waals surface area contributed by atoms with Crippen LogP contribution in [-0.4, -0.2) is 54.9 Å². The van der Waals surface area contributed by atoms with Crippen molar-refractivity contribution in [1.82, 2.24) is 4.90 Å². The van der Waals surface area contributed by atoms with Crippen LogP contribution in [0.4, 0.5) is 14.9 Å². The van der Waals surface area contributed by atoms with Crippen molar-refractivity contribution < 1.29 is 23.8 Å². The van der Waals surface area contributed by atoms with E-state index >= 15 is 0 Å². The average molecular weight is 296 g/mol. The van der Waals surface area contributed by atoms with E-state index < -0.39 is 17.9 Å². The lowest BCUT2D eigenvalue weighted by Crippen LogP contribution is -2.50. The topological polar surface area (TPSA) is 70.1 Å². The van der Waals surface area contributed by atoms with Crippen LogP contribution in [-0.2, 0) is 9.53 Å². The fraction of sp³-hybridized carbons (Fsp3) is 0.429. The standard InChI is InChI=1S/C14H17FN2O4/c1-16(12-5-3-2-4-11(12)15)14(20)17-6-7-21-10(9-17)8-13(18)19/h2-5,10H,6-9H2,1H3,(H,18,19). The number of carbonyl (C=O) groups is 2. The largest absolute Gasteiger partial charge is 0.481 e. The highest BCUT2D eigenvalue weighted by atomic mass is 19.1. The zero-order valence-electron chi connectivity index (χ0n) is 11.7. The predicted octanol–water partition coefficient (Wildman–Crippen LogP) is 1.56. The number of carbonyl (C=O) groups excluding carboxylic acids is 1. The van der Waals surface area contributed by atoms with Gasteiger partial charge < -0.3 is 14.7 Å². The van der Waals surface area contributed by atoms with Crippen LogP contribution in [0.2, 0.25) is 0 Å². The van der Waals surface area contributed by atoms with Gasteiger partial charge in [0.25, 0.3) is 0 Å². The molecule has 0 aromatic heterocycles. The molecule has 1 heterocycles. The van der Waals surface area contributed by atoms with Gasteiger partial charge in [-0.25, -0.2) is 9.18 Å². The molecule has 1 saturated heterocycles. The number of para-hydroxylation sites is 1. The molecule has 114 valence electrons. The van der Waals surface area contributed by atoms with E-state index in [1.807, 2.05) is 0 Å². The number of aliphatic carboxylic acids is 1. The normalized spacial score (nSPS) is 18.4. The summed E-state index contributed by atoms with van der Waals surface area (Å²) in [5.41, 5.74) is 0.184. The molecule has 0 saturated carbocycles. The molecule has 2 rings (SSSR count). The molecule has 0 aliphatic carbocycles. The number of nitrogens with zero attached hydrogens (tertiary/aromatic N) is 2. The molecule has 2 amide bonds. The van der Waals surface area contributed by atoms with Crippen LogP contribution in [0.5, 0.6) is 0 Å². The number of amides is 2. The molecule has 1 aromatic rings. The zero-order chi connectivity index (χ0) is 15.4. The molecule has 0 bridgehead atoms. The monoisotopic (exact) mass is 296 g/mol. The molecule has 1 unspecified atom stereocenters. The van der Waals surface area contributed by atoms with Crippen LogP contribution in [0.1, 0.15) is 6.42 Å². The number of rotatable bonds is 3. The van der Waals surface area contributed by atoms with E-state index in [0.29, 0.717) is 6.54 Å². The summed E-state index contributed by atoms with van der Waals surface area (Å²) >= 11 is 0. The maximum Gasteiger partial charge on any atom is 0.324 e. The molecular formula is C14H17FN2O4. The highest BCUT2D eigenvalue weighted by Crippen LogP contribution is 2.19. The fourth-order valence-corrected chi connectivity index (χ4v) is 2.25. The van der Waals surface area contributed by atoms with Gasteiger partial charge in [0.1, 0.15) is 5.82 Å². The third-order valence-corrected chi connectivity index (χ3v) is 3.31. The number of morpholine rings is 1. The van der Waals surface area contributed by atoms with Crippen molar-refractivity contribution in [3.63, 3.8) is 0 Å². The van der Waals surface area contributed by atoms with Crippen molar-refractivity contribution in [3.8, 4) is 0 Å². The zero-order valence-corrected chi connectivity index (χ0v) is 11.7. The summed E-state index contributed by atoms with van der Waals surface area (Å²) < 4.78 is 19.0. The Bertz CT molecular complexity index is 537. The van der Waals surface area contributed by atoms with Crippen LogP contribution in [0, 0.1) is 5.82 Å². The minimum absolute atomic E-state index is 0.160. The maximum atomic E-state index is 13.7. The van der Waals surface area contributed by atoms with E-state index in [-0.39, 0.29) is 31.3 Å². The van der Waals surface area contributed by atoms with Gasteiger partial charge in [0.05, 0.1) is 24.8 Å². The first-order valence-corrected chi connectivity index (χ1v) is 6.59. The molecule has 1 fully saturated rings. The Morgan fingerprint density at radius 3 is 2.86 bits per heavy atom. The molecular weight excluding hydrogens is 279 g/mol. The quantitative estimate of drug-likeness (QED) is 0.919. The third kappa shape index (κ3) is 3.69. The van der Waals surface area contributed by atoms with Crippen LogP contribution < -0.4 is 4.90 Å². The van der Waals surface area contributed by atoms with E-state index in [0.717, 1.165) is 0 Å². The lowest BCUT2D eigenvalue weighted by Gasteiger charge is -2.34. The first kappa shape index (κ1) is 15.2. The minimum atomic E-state index is -0.975. The van der Waals surface area contributed by atoms with E-state index in [2.05, 4.69) is 0 Å². The second-order valence-corrected chi connectivity index (χ2v) is 4.83. The molecule has 1 atom stereocenters. The van der Waals surface area contributed by atoms with Crippen LogP contribution >= 0.6 is 0 Å². The van der Waals surface area contributed by atoms with Crippen molar-refractivity contribution in [2.75, 3.05) is 31.6 Å². The van der Waals surface area contributed by atoms with Crippen LogP contribution in [0.15, 0.2) is 24.3 Å². The molecule has 6 nitrogen and oxygen atoms in total. The number of urea groups is 1. The Hall–Kier alpha value is -2.15. The molecule has 1 N–H and O–H groups in total. The van der Waals surface area contributed by atoms with E-state index in [9.17, 15) is 14.0 Å². The summed E-state index contributed by atoms with van der Waals surface area (Å²) in [4.78, 5) is 25.8. The third-order valence-electron chi connectivity index (χ3n) is 3.31. The minimum Gasteiger partial charge on any atom is -0.481 e. The van der Waals surface area contributed by atoms with Gasteiger partial charge in [-0.15, -0.1) is 0 Å². The summed E-state index contributed by atoms with van der Waals surface area (Å²) in [5, 5.41) is 8.77. The van der Waals surface area contributed by atoms with Gasteiger partial charge in [-0.1, -0.05) is 12.1 Å². The number of halogens is 1. The van der Waals surface area contributed by atoms with Crippen LogP contribution in [0.25, 0.3) is 0 Å². The Kier molecular flexibility index (Phi) is 4.74. The number of hydrogen-bond acceptors (Lipinski definition) is 3. The van der Waals surface area contributed by atoms with Crippen LogP contribution in [0.3, 0.4) is 0 Å². The first-order valence-electron chi connectivity index (χ1n) is 6.59. The fourth-order valence-electron chi connectivity index (χ4n) is 2.25. The Morgan fingerprint density at radius 2 is 2.19 bits per heavy atom. The number of carboxylic acid groups (broad SMARTS) is 1. The summed E-state index contributed by atoms with van der Waals surface area (Å²) in [6.45, 7) is 0.812. The molecule has 21 heavy (non-hydrogen) atoms. The average Bonchev–Trinajstić information content (AvgIpc) is 2.46. The summed E-state index contributed by atoms with van der Waals surface area (Å²) in [6.07, 6.45) is -0.693. The summed E-state index contributed by atoms with van der Waals surface area (Å²) in [5.74, 6) is -1.46. The number of hydrogen-bond donors (Lipinski definition) is 1. The number of ether oxygens (including phenoxy) is 1. The highest BCUT2D eigenvalue weighted by molar-refractivity contribution is 5.91. The van der Waals surface area contributed by atoms with E-state index in [1.165, 1.54) is 29.0 Å². The summed E-state index contributed by atoms with van der Waals surface area (Å²) in [6, 6.07) is 5.62. The SMILES string of the molecule is CN(C(=O)N1CCOC(CC(=O)O)C1)c1ccccc1F. The number of carboxylic acids is 1. The predicted molar refractivity (Wildman–Crippen MR) is 73.8 cm³/mol. The number of anilines is 1. The van der Waals surface area contributed by atoms with Gasteiger partial charge in [0.15, 0.2) is 0 Å². The van der Waals surface area contributed by atoms with Gasteiger partial charge >= 0.3 is 12.0 Å². The maximum absolute atomic E-state index is 13.7. The Balaban J connectivity index is 2.05. The van der Waals surface area contributed by atoms with Gasteiger partial charge in [-0.3, -0.25) is 9.69 Å². The number of benzene rings is 1. The lowest BCUT2D eigenvalue weighted by molar-refractivity contribution is -0.141. The van der Waals surface area contributed by atoms with Crippen molar-refractivity contribution >= 4 is 17.7 Å². The van der Waals surface area contributed by atoms with Crippen molar-refractivity contribution in [2.45, 2.75) is 12.5 Å². The van der Waals surface area contributed by atoms with Crippen molar-refractivity contribution in [1.29, 1.82) is 0 Å². The molecule has 0 spiro atoms. The van der Waals surface area contributed by atoms with Gasteiger partial charge in [0.2, 0.25) is 0 Å².